The number of anilines is 2. The number of carbonyl (C=O) groups is 1. The van der Waals surface area contributed by atoms with Crippen LogP contribution in [0.15, 0.2) is 24.4 Å². The molecule has 1 aromatic carbocycles. The van der Waals surface area contributed by atoms with E-state index in [1.165, 1.54) is 0 Å². The maximum Gasteiger partial charge on any atom is 0.259 e. The van der Waals surface area contributed by atoms with Crippen LogP contribution < -0.4 is 15.0 Å². The van der Waals surface area contributed by atoms with Gasteiger partial charge in [-0.25, -0.2) is 9.97 Å². The number of benzene rings is 1. The van der Waals surface area contributed by atoms with Crippen molar-refractivity contribution >= 4 is 17.5 Å². The Labute approximate surface area is 160 Å². The van der Waals surface area contributed by atoms with Gasteiger partial charge in [-0.1, -0.05) is 13.0 Å². The van der Waals surface area contributed by atoms with Gasteiger partial charge in [0.2, 0.25) is 5.95 Å². The molecule has 1 aliphatic heterocycles. The number of aryl methyl sites for hydroxylation is 2. The van der Waals surface area contributed by atoms with Gasteiger partial charge >= 0.3 is 0 Å². The zero-order valence-electron chi connectivity index (χ0n) is 16.5. The van der Waals surface area contributed by atoms with Crippen LogP contribution in [-0.4, -0.2) is 60.6 Å². The number of nitrogens with zero attached hydrogens (tertiary/aromatic N) is 4. The smallest absolute Gasteiger partial charge is 0.259 e. The molecule has 0 unspecified atom stereocenters. The van der Waals surface area contributed by atoms with Crippen molar-refractivity contribution in [3.63, 3.8) is 0 Å². The number of hydrogen-bond donors (Lipinski definition) is 1. The Balaban J connectivity index is 1.74. The zero-order valence-corrected chi connectivity index (χ0v) is 16.5. The molecule has 7 nitrogen and oxygen atoms in total. The van der Waals surface area contributed by atoms with Crippen LogP contribution in [0.3, 0.4) is 0 Å². The quantitative estimate of drug-likeness (QED) is 0.873. The van der Waals surface area contributed by atoms with Crippen molar-refractivity contribution in [2.24, 2.45) is 0 Å². The number of methoxy groups -OCH3 is 1. The first-order chi connectivity index (χ1) is 13.0. The van der Waals surface area contributed by atoms with E-state index >= 15 is 0 Å². The van der Waals surface area contributed by atoms with Crippen LogP contribution in [0.4, 0.5) is 11.6 Å². The zero-order chi connectivity index (χ0) is 19.4. The average molecular weight is 369 g/mol. The molecule has 1 aromatic heterocycles. The van der Waals surface area contributed by atoms with Crippen LogP contribution in [0, 0.1) is 13.8 Å². The van der Waals surface area contributed by atoms with E-state index in [1.807, 2.05) is 32.0 Å². The summed E-state index contributed by atoms with van der Waals surface area (Å²) in [5, 5.41) is 2.91. The minimum Gasteiger partial charge on any atom is -0.495 e. The Bertz CT molecular complexity index is 816. The number of likely N-dealkylation sites (N-methyl/N-ethyl adjacent to an activating group) is 1. The predicted molar refractivity (Wildman–Crippen MR) is 107 cm³/mol. The third-order valence-electron chi connectivity index (χ3n) is 4.92. The van der Waals surface area contributed by atoms with E-state index in [0.717, 1.165) is 38.3 Å². The standard InChI is InChI=1S/C20H27N5O2/c1-5-24-8-10-25(11-9-24)20-21-13-16(15(3)22-20)19(26)23-17-12-14(2)6-7-18(17)27-4/h6-7,12-13H,5,8-11H2,1-4H3,(H,23,26). The summed E-state index contributed by atoms with van der Waals surface area (Å²) in [5.74, 6) is 1.07. The highest BCUT2D eigenvalue weighted by atomic mass is 16.5. The first-order valence-corrected chi connectivity index (χ1v) is 9.28. The second-order valence-corrected chi connectivity index (χ2v) is 6.75. The summed E-state index contributed by atoms with van der Waals surface area (Å²) in [7, 11) is 1.59. The molecule has 2 aromatic rings. The first kappa shape index (κ1) is 19.1. The number of amides is 1. The fourth-order valence-electron chi connectivity index (χ4n) is 3.20. The van der Waals surface area contributed by atoms with Crippen LogP contribution in [0.2, 0.25) is 0 Å². The molecule has 0 saturated carbocycles. The number of carbonyl (C=O) groups excluding carboxylic acids is 1. The highest BCUT2D eigenvalue weighted by Gasteiger charge is 2.20. The SMILES string of the molecule is CCN1CCN(c2ncc(C(=O)Nc3cc(C)ccc3OC)c(C)n2)CC1. The largest absolute Gasteiger partial charge is 0.495 e. The van der Waals surface area contributed by atoms with E-state index < -0.39 is 0 Å². The van der Waals surface area contributed by atoms with Gasteiger partial charge < -0.3 is 19.9 Å². The van der Waals surface area contributed by atoms with Gasteiger partial charge in [-0.2, -0.15) is 0 Å². The molecule has 0 aliphatic carbocycles. The lowest BCUT2D eigenvalue weighted by Gasteiger charge is -2.34. The second kappa shape index (κ2) is 8.35. The summed E-state index contributed by atoms with van der Waals surface area (Å²) >= 11 is 0. The lowest BCUT2D eigenvalue weighted by atomic mass is 10.2. The van der Waals surface area contributed by atoms with Gasteiger partial charge in [-0.05, 0) is 38.1 Å². The van der Waals surface area contributed by atoms with E-state index in [-0.39, 0.29) is 5.91 Å². The molecule has 1 amide bonds. The van der Waals surface area contributed by atoms with E-state index in [9.17, 15) is 4.79 Å². The van der Waals surface area contributed by atoms with Crippen molar-refractivity contribution < 1.29 is 9.53 Å². The number of nitrogens with one attached hydrogen (secondary N) is 1. The molecule has 1 fully saturated rings. The number of rotatable bonds is 5. The summed E-state index contributed by atoms with van der Waals surface area (Å²) in [6.45, 7) is 10.9. The van der Waals surface area contributed by atoms with Gasteiger partial charge in [0.1, 0.15) is 5.75 Å². The molecule has 0 radical (unpaired) electrons. The highest BCUT2D eigenvalue weighted by Crippen LogP contribution is 2.26. The lowest BCUT2D eigenvalue weighted by molar-refractivity contribution is 0.102. The number of hydrogen-bond acceptors (Lipinski definition) is 6. The normalized spacial score (nSPS) is 14.9. The van der Waals surface area contributed by atoms with Crippen LogP contribution in [0.25, 0.3) is 0 Å². The van der Waals surface area contributed by atoms with Crippen molar-refractivity contribution in [1.29, 1.82) is 0 Å². The highest BCUT2D eigenvalue weighted by molar-refractivity contribution is 6.05. The molecule has 0 spiro atoms. The van der Waals surface area contributed by atoms with Gasteiger partial charge in [0.25, 0.3) is 5.91 Å². The van der Waals surface area contributed by atoms with E-state index in [4.69, 9.17) is 4.74 Å². The Morgan fingerprint density at radius 3 is 2.59 bits per heavy atom. The second-order valence-electron chi connectivity index (χ2n) is 6.75. The van der Waals surface area contributed by atoms with Gasteiger partial charge in [0.15, 0.2) is 0 Å². The monoisotopic (exact) mass is 369 g/mol. The average Bonchev–Trinajstić information content (AvgIpc) is 2.68. The van der Waals surface area contributed by atoms with Crippen molar-refractivity contribution in [2.45, 2.75) is 20.8 Å². The maximum atomic E-state index is 12.7. The molecule has 7 heteroatoms. The molecule has 27 heavy (non-hydrogen) atoms. The van der Waals surface area contributed by atoms with Gasteiger partial charge in [0, 0.05) is 32.4 Å². The summed E-state index contributed by atoms with van der Waals surface area (Å²) in [6.07, 6.45) is 1.61. The summed E-state index contributed by atoms with van der Waals surface area (Å²) in [4.78, 5) is 26.3. The number of piperazine rings is 1. The number of aromatic nitrogens is 2. The minimum atomic E-state index is -0.237. The molecular weight excluding hydrogens is 342 g/mol. The van der Waals surface area contributed by atoms with Gasteiger partial charge in [-0.3, -0.25) is 4.79 Å². The number of ether oxygens (including phenoxy) is 1. The van der Waals surface area contributed by atoms with E-state index in [2.05, 4.69) is 32.0 Å². The first-order valence-electron chi connectivity index (χ1n) is 9.28. The molecular formula is C20H27N5O2. The topological polar surface area (TPSA) is 70.6 Å². The van der Waals surface area contributed by atoms with Gasteiger partial charge in [0.05, 0.1) is 24.1 Å². The fraction of sp³-hybridized carbons (Fsp3) is 0.450. The third kappa shape index (κ3) is 4.36. The fourth-order valence-corrected chi connectivity index (χ4v) is 3.20. The summed E-state index contributed by atoms with van der Waals surface area (Å²) < 4.78 is 5.33. The van der Waals surface area contributed by atoms with Crippen LogP contribution in [0.5, 0.6) is 5.75 Å². The van der Waals surface area contributed by atoms with Crippen molar-refractivity contribution in [3.8, 4) is 5.75 Å². The summed E-state index contributed by atoms with van der Waals surface area (Å²) in [5.41, 5.74) is 2.82. The summed E-state index contributed by atoms with van der Waals surface area (Å²) in [6, 6.07) is 5.66. The molecule has 3 rings (SSSR count). The molecule has 2 heterocycles. The molecule has 1 saturated heterocycles. The van der Waals surface area contributed by atoms with Crippen molar-refractivity contribution in [3.05, 3.63) is 41.2 Å². The molecule has 0 atom stereocenters. The Morgan fingerprint density at radius 1 is 1.22 bits per heavy atom. The van der Waals surface area contributed by atoms with Crippen LogP contribution >= 0.6 is 0 Å². The van der Waals surface area contributed by atoms with E-state index in [1.54, 1.807) is 13.3 Å². The van der Waals surface area contributed by atoms with Gasteiger partial charge in [-0.15, -0.1) is 0 Å². The van der Waals surface area contributed by atoms with Crippen LogP contribution in [-0.2, 0) is 0 Å². The molecule has 0 bridgehead atoms. The minimum absolute atomic E-state index is 0.237. The van der Waals surface area contributed by atoms with Crippen molar-refractivity contribution in [1.82, 2.24) is 14.9 Å². The molecule has 1 N–H and O–H groups in total. The Hall–Kier alpha value is -2.67. The Kier molecular flexibility index (Phi) is 5.91. The maximum absolute atomic E-state index is 12.7. The van der Waals surface area contributed by atoms with E-state index in [0.29, 0.717) is 28.6 Å². The lowest BCUT2D eigenvalue weighted by Crippen LogP contribution is -2.46. The molecule has 144 valence electrons. The Morgan fingerprint density at radius 2 is 1.96 bits per heavy atom. The van der Waals surface area contributed by atoms with Crippen LogP contribution in [0.1, 0.15) is 28.5 Å². The molecule has 1 aliphatic rings. The third-order valence-corrected chi connectivity index (χ3v) is 4.92. The van der Waals surface area contributed by atoms with Crippen molar-refractivity contribution in [2.75, 3.05) is 50.1 Å². The predicted octanol–water partition coefficient (Wildman–Crippen LogP) is 2.50.